The van der Waals surface area contributed by atoms with Crippen LogP contribution in [0.25, 0.3) is 10.9 Å². The Kier molecular flexibility index (Phi) is 7.09. The van der Waals surface area contributed by atoms with Crippen LogP contribution >= 0.6 is 11.6 Å². The van der Waals surface area contributed by atoms with E-state index in [9.17, 15) is 4.79 Å². The largest absolute Gasteiger partial charge is 0.493 e. The second-order valence-corrected chi connectivity index (χ2v) is 8.47. The highest BCUT2D eigenvalue weighted by molar-refractivity contribution is 6.31. The number of carbonyl (C=O) groups excluding carboxylic acids is 1. The number of halogens is 1. The van der Waals surface area contributed by atoms with Gasteiger partial charge in [0.25, 0.3) is 5.91 Å². The summed E-state index contributed by atoms with van der Waals surface area (Å²) in [7, 11) is 1.59. The Balaban J connectivity index is 1.32. The van der Waals surface area contributed by atoms with E-state index in [0.29, 0.717) is 51.5 Å². The lowest BCUT2D eigenvalue weighted by molar-refractivity contribution is 0.102. The van der Waals surface area contributed by atoms with Crippen LogP contribution in [0.15, 0.2) is 91.4 Å². The van der Waals surface area contributed by atoms with Crippen molar-refractivity contribution in [1.29, 1.82) is 0 Å². The average Bonchev–Trinajstić information content (AvgIpc) is 2.93. The molecular weight excluding hydrogens is 490 g/mol. The van der Waals surface area contributed by atoms with Gasteiger partial charge in [-0.15, -0.1) is 0 Å². The quantitative estimate of drug-likeness (QED) is 0.253. The molecule has 0 saturated carbocycles. The normalized spacial score (nSPS) is 10.6. The van der Waals surface area contributed by atoms with E-state index in [0.717, 1.165) is 10.9 Å². The molecule has 0 atom stereocenters. The molecule has 0 aliphatic carbocycles. The molecule has 0 radical (unpaired) electrons. The van der Waals surface area contributed by atoms with E-state index >= 15 is 0 Å². The maximum Gasteiger partial charge on any atom is 0.256 e. The number of nitrogens with zero attached hydrogens (tertiary/aromatic N) is 3. The predicted octanol–water partition coefficient (Wildman–Crippen LogP) is 6.26. The van der Waals surface area contributed by atoms with Crippen LogP contribution in [0.1, 0.15) is 15.9 Å². The van der Waals surface area contributed by atoms with E-state index in [2.05, 4.69) is 25.6 Å². The van der Waals surface area contributed by atoms with E-state index in [4.69, 9.17) is 21.1 Å². The molecule has 5 aromatic rings. The van der Waals surface area contributed by atoms with Gasteiger partial charge in [0.15, 0.2) is 11.5 Å². The fourth-order valence-corrected chi connectivity index (χ4v) is 3.86. The van der Waals surface area contributed by atoms with Crippen LogP contribution in [0.3, 0.4) is 0 Å². The number of anilines is 3. The molecule has 9 heteroatoms. The van der Waals surface area contributed by atoms with Crippen molar-refractivity contribution in [3.8, 4) is 11.5 Å². The Morgan fingerprint density at radius 3 is 2.54 bits per heavy atom. The molecule has 37 heavy (non-hydrogen) atoms. The average molecular weight is 512 g/mol. The molecular formula is C28H22ClN5O3. The van der Waals surface area contributed by atoms with Crippen molar-refractivity contribution in [2.24, 2.45) is 0 Å². The first-order valence-electron chi connectivity index (χ1n) is 11.4. The monoisotopic (exact) mass is 511 g/mol. The number of pyridine rings is 1. The van der Waals surface area contributed by atoms with E-state index in [1.54, 1.807) is 49.7 Å². The molecule has 5 rings (SSSR count). The lowest BCUT2D eigenvalue weighted by atomic mass is 10.2. The van der Waals surface area contributed by atoms with Gasteiger partial charge in [-0.25, -0.2) is 15.0 Å². The maximum absolute atomic E-state index is 12.4. The van der Waals surface area contributed by atoms with Gasteiger partial charge in [0.2, 0.25) is 0 Å². The standard InChI is InChI=1S/C28H22ClN5O3/c1-36-24-13-22-23(14-25(24)37-16-18-6-3-2-4-7-18)31-17-32-27(22)33-21-10-11-26(30-15-21)34-28(35)19-8-5-9-20(29)12-19/h2-15,17H,16H2,1H3,(H,30,34,35)(H,31,32,33). The number of nitrogens with one attached hydrogen (secondary N) is 2. The van der Waals surface area contributed by atoms with Gasteiger partial charge in [0.05, 0.1) is 24.5 Å². The maximum atomic E-state index is 12.4. The topological polar surface area (TPSA) is 98.3 Å². The molecule has 0 saturated heterocycles. The Hall–Kier alpha value is -4.69. The van der Waals surface area contributed by atoms with Gasteiger partial charge in [-0.3, -0.25) is 4.79 Å². The smallest absolute Gasteiger partial charge is 0.256 e. The van der Waals surface area contributed by atoms with Gasteiger partial charge >= 0.3 is 0 Å². The van der Waals surface area contributed by atoms with Gasteiger partial charge in [0, 0.05) is 22.0 Å². The van der Waals surface area contributed by atoms with Gasteiger partial charge < -0.3 is 20.1 Å². The second kappa shape index (κ2) is 10.9. The minimum atomic E-state index is -0.296. The molecule has 184 valence electrons. The highest BCUT2D eigenvalue weighted by Crippen LogP contribution is 2.35. The molecule has 0 unspecified atom stereocenters. The van der Waals surface area contributed by atoms with Crippen LogP contribution in [0.2, 0.25) is 5.02 Å². The highest BCUT2D eigenvalue weighted by Gasteiger charge is 2.13. The third-order valence-corrected chi connectivity index (χ3v) is 5.75. The van der Waals surface area contributed by atoms with E-state index < -0.39 is 0 Å². The first-order valence-corrected chi connectivity index (χ1v) is 11.8. The van der Waals surface area contributed by atoms with Crippen LogP contribution in [-0.2, 0) is 6.61 Å². The van der Waals surface area contributed by atoms with Gasteiger partial charge in [-0.1, -0.05) is 48.0 Å². The third kappa shape index (κ3) is 5.76. The number of amides is 1. The summed E-state index contributed by atoms with van der Waals surface area (Å²) >= 11 is 5.97. The van der Waals surface area contributed by atoms with Crippen LogP contribution in [0, 0.1) is 0 Å². The van der Waals surface area contributed by atoms with Gasteiger partial charge in [-0.2, -0.15) is 0 Å². The molecule has 3 aromatic carbocycles. The van der Waals surface area contributed by atoms with Crippen LogP contribution in [0.4, 0.5) is 17.3 Å². The molecule has 2 heterocycles. The number of fused-ring (bicyclic) bond motifs is 1. The molecule has 8 nitrogen and oxygen atoms in total. The Morgan fingerprint density at radius 2 is 1.78 bits per heavy atom. The van der Waals surface area contributed by atoms with Crippen LogP contribution in [-0.4, -0.2) is 28.0 Å². The fraction of sp³-hybridized carbons (Fsp3) is 0.0714. The zero-order valence-corrected chi connectivity index (χ0v) is 20.6. The second-order valence-electron chi connectivity index (χ2n) is 8.04. The van der Waals surface area contributed by atoms with E-state index in [1.165, 1.54) is 6.33 Å². The Bertz CT molecular complexity index is 1550. The minimum absolute atomic E-state index is 0.296. The lowest BCUT2D eigenvalue weighted by Crippen LogP contribution is -2.12. The minimum Gasteiger partial charge on any atom is -0.493 e. The van der Waals surface area contributed by atoms with Crippen LogP contribution in [0.5, 0.6) is 11.5 Å². The first kappa shape index (κ1) is 24.0. The first-order chi connectivity index (χ1) is 18.1. The zero-order chi connectivity index (χ0) is 25.6. The van der Waals surface area contributed by atoms with Crippen molar-refractivity contribution in [3.63, 3.8) is 0 Å². The fourth-order valence-electron chi connectivity index (χ4n) is 3.67. The molecule has 0 aliphatic rings. The van der Waals surface area contributed by atoms with E-state index in [1.807, 2.05) is 42.5 Å². The molecule has 2 N–H and O–H groups in total. The molecule has 0 fully saturated rings. The summed E-state index contributed by atoms with van der Waals surface area (Å²) in [6.45, 7) is 0.408. The number of hydrogen-bond acceptors (Lipinski definition) is 7. The number of carbonyl (C=O) groups is 1. The number of hydrogen-bond donors (Lipinski definition) is 2. The summed E-state index contributed by atoms with van der Waals surface area (Å²) in [5.41, 5.74) is 2.88. The lowest BCUT2D eigenvalue weighted by Gasteiger charge is -2.14. The SMILES string of the molecule is COc1cc2c(Nc3ccc(NC(=O)c4cccc(Cl)c4)nc3)ncnc2cc1OCc1ccccc1. The van der Waals surface area contributed by atoms with Gasteiger partial charge in [0.1, 0.15) is 24.6 Å². The summed E-state index contributed by atoms with van der Waals surface area (Å²) in [4.78, 5) is 25.6. The van der Waals surface area contributed by atoms with Crippen molar-refractivity contribution >= 4 is 45.7 Å². The molecule has 0 aliphatic heterocycles. The number of rotatable bonds is 8. The summed E-state index contributed by atoms with van der Waals surface area (Å²) in [6.07, 6.45) is 3.08. The number of ether oxygens (including phenoxy) is 2. The Morgan fingerprint density at radius 1 is 0.919 bits per heavy atom. The molecule has 0 spiro atoms. The summed E-state index contributed by atoms with van der Waals surface area (Å²) < 4.78 is 11.6. The predicted molar refractivity (Wildman–Crippen MR) is 144 cm³/mol. The van der Waals surface area contributed by atoms with Crippen molar-refractivity contribution < 1.29 is 14.3 Å². The van der Waals surface area contributed by atoms with Crippen molar-refractivity contribution in [2.45, 2.75) is 6.61 Å². The molecule has 0 bridgehead atoms. The molecule has 1 amide bonds. The van der Waals surface area contributed by atoms with Crippen molar-refractivity contribution in [1.82, 2.24) is 15.0 Å². The number of benzene rings is 3. The van der Waals surface area contributed by atoms with Crippen LogP contribution < -0.4 is 20.1 Å². The van der Waals surface area contributed by atoms with Crippen molar-refractivity contribution in [3.05, 3.63) is 108 Å². The van der Waals surface area contributed by atoms with E-state index in [-0.39, 0.29) is 5.91 Å². The van der Waals surface area contributed by atoms with Crippen molar-refractivity contribution in [2.75, 3.05) is 17.7 Å². The summed E-state index contributed by atoms with van der Waals surface area (Å²) in [5, 5.41) is 7.26. The summed E-state index contributed by atoms with van der Waals surface area (Å²) in [6, 6.07) is 23.8. The summed E-state index contributed by atoms with van der Waals surface area (Å²) in [5.74, 6) is 1.85. The molecule has 2 aromatic heterocycles. The number of aromatic nitrogens is 3. The Labute approximate surface area is 218 Å². The highest BCUT2D eigenvalue weighted by atomic mass is 35.5. The van der Waals surface area contributed by atoms with Gasteiger partial charge in [-0.05, 0) is 42.0 Å². The zero-order valence-electron chi connectivity index (χ0n) is 19.8. The number of methoxy groups -OCH3 is 1. The third-order valence-electron chi connectivity index (χ3n) is 5.51.